The standard InChI is InChI=1S/C16H19F3N2O4S/c17-16(18,19)12-2-1-3-14(10-12)26(23,24)20-6-4-13(5-7-20)21-8-9-25-11-15(21)22/h1-3,10,13H,4-9,11H2. The molecule has 1 aromatic rings. The van der Waals surface area contributed by atoms with Crippen molar-refractivity contribution in [3.8, 4) is 0 Å². The number of alkyl halides is 3. The van der Waals surface area contributed by atoms with Crippen LogP contribution in [0.15, 0.2) is 29.2 Å². The van der Waals surface area contributed by atoms with Crippen molar-refractivity contribution < 1.29 is 31.1 Å². The van der Waals surface area contributed by atoms with Crippen LogP contribution in [-0.2, 0) is 25.7 Å². The topological polar surface area (TPSA) is 66.9 Å². The Morgan fingerprint density at radius 1 is 1.12 bits per heavy atom. The first-order valence-electron chi connectivity index (χ1n) is 8.24. The van der Waals surface area contributed by atoms with E-state index in [1.165, 1.54) is 10.4 Å². The molecular formula is C16H19F3N2O4S. The van der Waals surface area contributed by atoms with Crippen molar-refractivity contribution in [3.63, 3.8) is 0 Å². The Balaban J connectivity index is 1.71. The third-order valence-electron chi connectivity index (χ3n) is 4.69. The van der Waals surface area contributed by atoms with E-state index in [0.29, 0.717) is 32.1 Å². The zero-order valence-corrected chi connectivity index (χ0v) is 14.7. The number of halogens is 3. The van der Waals surface area contributed by atoms with Gasteiger partial charge in [-0.05, 0) is 31.0 Å². The molecule has 0 bridgehead atoms. The summed E-state index contributed by atoms with van der Waals surface area (Å²) in [5.41, 5.74) is -0.993. The molecule has 0 atom stereocenters. The number of benzene rings is 1. The molecule has 2 aliphatic heterocycles. The Morgan fingerprint density at radius 2 is 1.81 bits per heavy atom. The highest BCUT2D eigenvalue weighted by atomic mass is 32.2. The van der Waals surface area contributed by atoms with Crippen LogP contribution in [0, 0.1) is 0 Å². The maximum atomic E-state index is 12.8. The first-order chi connectivity index (χ1) is 12.2. The highest BCUT2D eigenvalue weighted by molar-refractivity contribution is 7.89. The lowest BCUT2D eigenvalue weighted by Crippen LogP contribution is -2.52. The van der Waals surface area contributed by atoms with Gasteiger partial charge in [0.05, 0.1) is 17.1 Å². The van der Waals surface area contributed by atoms with Crippen molar-refractivity contribution in [2.24, 2.45) is 0 Å². The number of hydrogen-bond donors (Lipinski definition) is 0. The van der Waals surface area contributed by atoms with Gasteiger partial charge in [0.15, 0.2) is 0 Å². The van der Waals surface area contributed by atoms with Crippen molar-refractivity contribution in [2.75, 3.05) is 32.8 Å². The number of amides is 1. The minimum Gasteiger partial charge on any atom is -0.370 e. The number of piperidine rings is 1. The van der Waals surface area contributed by atoms with E-state index in [4.69, 9.17) is 4.74 Å². The molecule has 26 heavy (non-hydrogen) atoms. The fourth-order valence-electron chi connectivity index (χ4n) is 3.29. The Labute approximate surface area is 149 Å². The van der Waals surface area contributed by atoms with Crippen LogP contribution in [0.2, 0.25) is 0 Å². The Kier molecular flexibility index (Phi) is 5.27. The van der Waals surface area contributed by atoms with Gasteiger partial charge in [-0.15, -0.1) is 0 Å². The lowest BCUT2D eigenvalue weighted by atomic mass is 10.0. The van der Waals surface area contributed by atoms with E-state index in [1.54, 1.807) is 4.90 Å². The summed E-state index contributed by atoms with van der Waals surface area (Å²) in [6.45, 7) is 1.28. The molecular weight excluding hydrogens is 373 g/mol. The SMILES string of the molecule is O=C1COCCN1C1CCN(S(=O)(=O)c2cccc(C(F)(F)F)c2)CC1. The lowest BCUT2D eigenvalue weighted by molar-refractivity contribution is -0.146. The summed E-state index contributed by atoms with van der Waals surface area (Å²) in [4.78, 5) is 13.2. The average Bonchev–Trinajstić information content (AvgIpc) is 2.62. The predicted octanol–water partition coefficient (Wildman–Crippen LogP) is 1.72. The van der Waals surface area contributed by atoms with Crippen molar-refractivity contribution >= 4 is 15.9 Å². The summed E-state index contributed by atoms with van der Waals surface area (Å²) in [6, 6.07) is 3.69. The number of carbonyl (C=O) groups excluding carboxylic acids is 1. The summed E-state index contributed by atoms with van der Waals surface area (Å²) < 4.78 is 70.1. The van der Waals surface area contributed by atoms with Gasteiger partial charge < -0.3 is 9.64 Å². The smallest absolute Gasteiger partial charge is 0.370 e. The van der Waals surface area contributed by atoms with Gasteiger partial charge in [-0.3, -0.25) is 4.79 Å². The fraction of sp³-hybridized carbons (Fsp3) is 0.562. The summed E-state index contributed by atoms with van der Waals surface area (Å²) >= 11 is 0. The second-order valence-electron chi connectivity index (χ2n) is 6.30. The predicted molar refractivity (Wildman–Crippen MR) is 85.8 cm³/mol. The van der Waals surface area contributed by atoms with Crippen molar-refractivity contribution in [1.82, 2.24) is 9.21 Å². The van der Waals surface area contributed by atoms with Gasteiger partial charge in [0.25, 0.3) is 0 Å². The van der Waals surface area contributed by atoms with E-state index in [2.05, 4.69) is 0 Å². The summed E-state index contributed by atoms with van der Waals surface area (Å²) in [7, 11) is -4.01. The minimum absolute atomic E-state index is 0.0305. The molecule has 0 saturated carbocycles. The number of rotatable bonds is 3. The van der Waals surface area contributed by atoms with E-state index >= 15 is 0 Å². The van der Waals surface area contributed by atoms with Gasteiger partial charge in [0, 0.05) is 25.7 Å². The lowest BCUT2D eigenvalue weighted by Gasteiger charge is -2.39. The minimum atomic E-state index is -4.60. The van der Waals surface area contributed by atoms with E-state index in [1.807, 2.05) is 0 Å². The molecule has 2 saturated heterocycles. The first-order valence-corrected chi connectivity index (χ1v) is 9.68. The van der Waals surface area contributed by atoms with Crippen LogP contribution in [-0.4, -0.2) is 62.4 Å². The maximum Gasteiger partial charge on any atom is 0.416 e. The number of sulfonamides is 1. The normalized spacial score (nSPS) is 21.2. The molecule has 0 aliphatic carbocycles. The number of hydrogen-bond acceptors (Lipinski definition) is 4. The molecule has 0 spiro atoms. The molecule has 10 heteroatoms. The van der Waals surface area contributed by atoms with Crippen LogP contribution in [0.5, 0.6) is 0 Å². The van der Waals surface area contributed by atoms with Gasteiger partial charge in [0.2, 0.25) is 15.9 Å². The van der Waals surface area contributed by atoms with Gasteiger partial charge in [-0.1, -0.05) is 6.07 Å². The zero-order valence-electron chi connectivity index (χ0n) is 13.9. The quantitative estimate of drug-likeness (QED) is 0.786. The molecule has 0 unspecified atom stereocenters. The zero-order chi connectivity index (χ0) is 18.9. The average molecular weight is 392 g/mol. The van der Waals surface area contributed by atoms with Crippen molar-refractivity contribution in [2.45, 2.75) is 30.0 Å². The highest BCUT2D eigenvalue weighted by Crippen LogP contribution is 2.32. The second-order valence-corrected chi connectivity index (χ2v) is 8.24. The van der Waals surface area contributed by atoms with Crippen LogP contribution in [0.3, 0.4) is 0 Å². The van der Waals surface area contributed by atoms with E-state index in [0.717, 1.165) is 12.1 Å². The monoisotopic (exact) mass is 392 g/mol. The van der Waals surface area contributed by atoms with Gasteiger partial charge in [-0.2, -0.15) is 17.5 Å². The molecule has 1 aromatic carbocycles. The molecule has 2 aliphatic rings. The Morgan fingerprint density at radius 3 is 2.42 bits per heavy atom. The van der Waals surface area contributed by atoms with Crippen LogP contribution in [0.25, 0.3) is 0 Å². The van der Waals surface area contributed by atoms with Crippen LogP contribution >= 0.6 is 0 Å². The summed E-state index contributed by atoms with van der Waals surface area (Å²) in [5, 5.41) is 0. The summed E-state index contributed by atoms with van der Waals surface area (Å²) in [5.74, 6) is -0.115. The Bertz CT molecular complexity index is 774. The summed E-state index contributed by atoms with van der Waals surface area (Å²) in [6.07, 6.45) is -3.71. The molecule has 0 N–H and O–H groups in total. The maximum absolute atomic E-state index is 12.8. The van der Waals surface area contributed by atoms with Crippen molar-refractivity contribution in [1.29, 1.82) is 0 Å². The largest absolute Gasteiger partial charge is 0.416 e. The first kappa shape index (κ1) is 19.1. The van der Waals surface area contributed by atoms with Gasteiger partial charge in [-0.25, -0.2) is 8.42 Å². The van der Waals surface area contributed by atoms with E-state index < -0.39 is 21.8 Å². The molecule has 2 fully saturated rings. The number of carbonyl (C=O) groups is 1. The number of nitrogens with zero attached hydrogens (tertiary/aromatic N) is 2. The number of ether oxygens (including phenoxy) is 1. The van der Waals surface area contributed by atoms with Crippen LogP contribution < -0.4 is 0 Å². The Hall–Kier alpha value is -1.65. The van der Waals surface area contributed by atoms with Crippen LogP contribution in [0.1, 0.15) is 18.4 Å². The van der Waals surface area contributed by atoms with Crippen molar-refractivity contribution in [3.05, 3.63) is 29.8 Å². The molecule has 144 valence electrons. The molecule has 0 aromatic heterocycles. The third kappa shape index (κ3) is 3.86. The van der Waals surface area contributed by atoms with Gasteiger partial charge >= 0.3 is 6.18 Å². The van der Waals surface area contributed by atoms with Gasteiger partial charge in [0.1, 0.15) is 6.61 Å². The fourth-order valence-corrected chi connectivity index (χ4v) is 4.81. The molecule has 2 heterocycles. The molecule has 0 radical (unpaired) electrons. The number of morpholine rings is 1. The molecule has 6 nitrogen and oxygen atoms in total. The second kappa shape index (κ2) is 7.16. The van der Waals surface area contributed by atoms with Crippen LogP contribution in [0.4, 0.5) is 13.2 Å². The highest BCUT2D eigenvalue weighted by Gasteiger charge is 2.36. The van der Waals surface area contributed by atoms with E-state index in [-0.39, 0.29) is 36.5 Å². The third-order valence-corrected chi connectivity index (χ3v) is 6.58. The molecule has 3 rings (SSSR count). The van der Waals surface area contributed by atoms with E-state index in [9.17, 15) is 26.4 Å². The molecule has 1 amide bonds.